The van der Waals surface area contributed by atoms with Crippen molar-refractivity contribution in [2.75, 3.05) is 0 Å². The van der Waals surface area contributed by atoms with Gasteiger partial charge in [-0.05, 0) is 31.1 Å². The largest absolute Gasteiger partial charge is 0.197 e. The number of H-pyrrole nitrogens is 1. The van der Waals surface area contributed by atoms with Gasteiger partial charge in [-0.2, -0.15) is 15.4 Å². The molecular weight excluding hydrogens is 198 g/mol. The molecule has 0 aliphatic carbocycles. The van der Waals surface area contributed by atoms with Crippen LogP contribution in [0, 0.1) is 11.8 Å². The monoisotopic (exact) mass is 223 g/mol. The quantitative estimate of drug-likeness (QED) is 0.720. The van der Waals surface area contributed by atoms with Gasteiger partial charge >= 0.3 is 0 Å². The minimum absolute atomic E-state index is 0.652. The maximum Gasteiger partial charge on any atom is 0.0859 e. The van der Waals surface area contributed by atoms with Crippen molar-refractivity contribution in [3.05, 3.63) is 11.4 Å². The molecule has 3 heteroatoms. The number of nitrogens with zero attached hydrogens (tertiary/aromatic N) is 2. The molecule has 0 radical (unpaired) electrons. The Kier molecular flexibility index (Phi) is 5.50. The van der Waals surface area contributed by atoms with Crippen LogP contribution in [0.25, 0.3) is 0 Å². The number of aromatic nitrogens is 3. The van der Waals surface area contributed by atoms with Gasteiger partial charge in [0.1, 0.15) is 0 Å². The predicted octanol–water partition coefficient (Wildman–Crippen LogP) is 3.37. The normalized spacial score (nSPS) is 11.6. The first-order chi connectivity index (χ1) is 7.59. The lowest BCUT2D eigenvalue weighted by molar-refractivity contribution is 0.535. The van der Waals surface area contributed by atoms with E-state index in [2.05, 4.69) is 43.1 Å². The van der Waals surface area contributed by atoms with E-state index in [1.807, 2.05) is 0 Å². The third kappa shape index (κ3) is 4.77. The summed E-state index contributed by atoms with van der Waals surface area (Å²) in [6, 6.07) is 0. The Morgan fingerprint density at radius 3 is 2.25 bits per heavy atom. The van der Waals surface area contributed by atoms with Crippen LogP contribution in [-0.2, 0) is 12.8 Å². The van der Waals surface area contributed by atoms with Gasteiger partial charge in [-0.3, -0.25) is 0 Å². The van der Waals surface area contributed by atoms with Crippen LogP contribution in [0.1, 0.15) is 58.3 Å². The Morgan fingerprint density at radius 2 is 1.62 bits per heavy atom. The molecule has 1 N–H and O–H groups in total. The number of aryl methyl sites for hydroxylation is 1. The summed E-state index contributed by atoms with van der Waals surface area (Å²) in [5.41, 5.74) is 2.34. The maximum atomic E-state index is 4.25. The van der Waals surface area contributed by atoms with Crippen molar-refractivity contribution < 1.29 is 0 Å². The number of unbranched alkanes of at least 4 members (excludes halogenated alkanes) is 1. The van der Waals surface area contributed by atoms with Gasteiger partial charge in [0.2, 0.25) is 0 Å². The number of hydrogen-bond donors (Lipinski definition) is 1. The van der Waals surface area contributed by atoms with E-state index in [4.69, 9.17) is 0 Å². The lowest BCUT2D eigenvalue weighted by Gasteiger charge is -2.05. The van der Waals surface area contributed by atoms with Gasteiger partial charge in [0, 0.05) is 0 Å². The van der Waals surface area contributed by atoms with Gasteiger partial charge in [0.15, 0.2) is 0 Å². The summed E-state index contributed by atoms with van der Waals surface area (Å²) in [4.78, 5) is 0. The molecule has 0 saturated carbocycles. The molecule has 0 aromatic carbocycles. The fraction of sp³-hybridized carbons (Fsp3) is 0.846. The SMILES string of the molecule is CC(C)CCCCc1n[nH]nc1CC(C)C. The first kappa shape index (κ1) is 13.2. The zero-order valence-electron chi connectivity index (χ0n) is 11.1. The Balaban J connectivity index is 2.33. The van der Waals surface area contributed by atoms with Crippen LogP contribution in [-0.4, -0.2) is 15.4 Å². The summed E-state index contributed by atoms with van der Waals surface area (Å²) in [6.45, 7) is 9.00. The van der Waals surface area contributed by atoms with Crippen molar-refractivity contribution in [2.24, 2.45) is 11.8 Å². The van der Waals surface area contributed by atoms with Crippen LogP contribution in [0.2, 0.25) is 0 Å². The average molecular weight is 223 g/mol. The molecule has 92 valence electrons. The fourth-order valence-electron chi connectivity index (χ4n) is 1.87. The molecule has 0 aliphatic rings. The van der Waals surface area contributed by atoms with Crippen molar-refractivity contribution in [3.63, 3.8) is 0 Å². The Hall–Kier alpha value is -0.860. The van der Waals surface area contributed by atoms with Crippen molar-refractivity contribution in [2.45, 2.75) is 59.8 Å². The average Bonchev–Trinajstić information content (AvgIpc) is 2.59. The molecule has 0 atom stereocenters. The second-order valence-electron chi connectivity index (χ2n) is 5.45. The zero-order valence-corrected chi connectivity index (χ0v) is 11.1. The Bertz CT molecular complexity index is 289. The van der Waals surface area contributed by atoms with Crippen LogP contribution in [0.4, 0.5) is 0 Å². The molecule has 1 aromatic rings. The summed E-state index contributed by atoms with van der Waals surface area (Å²) in [5, 5.41) is 11.2. The number of nitrogens with one attached hydrogen (secondary N) is 1. The summed E-state index contributed by atoms with van der Waals surface area (Å²) in [7, 11) is 0. The van der Waals surface area contributed by atoms with Gasteiger partial charge in [-0.1, -0.05) is 40.5 Å². The molecule has 0 amide bonds. The summed E-state index contributed by atoms with van der Waals surface area (Å²) in [5.74, 6) is 1.46. The van der Waals surface area contributed by atoms with Crippen LogP contribution >= 0.6 is 0 Å². The molecule has 1 heterocycles. The third-order valence-corrected chi connectivity index (χ3v) is 2.75. The van der Waals surface area contributed by atoms with E-state index in [0.717, 1.165) is 18.8 Å². The van der Waals surface area contributed by atoms with Crippen molar-refractivity contribution >= 4 is 0 Å². The van der Waals surface area contributed by atoms with Crippen LogP contribution in [0.5, 0.6) is 0 Å². The second-order valence-corrected chi connectivity index (χ2v) is 5.45. The first-order valence-electron chi connectivity index (χ1n) is 6.48. The first-order valence-corrected chi connectivity index (χ1v) is 6.48. The third-order valence-electron chi connectivity index (χ3n) is 2.75. The molecule has 3 nitrogen and oxygen atoms in total. The van der Waals surface area contributed by atoms with E-state index in [1.54, 1.807) is 0 Å². The topological polar surface area (TPSA) is 41.6 Å². The molecule has 0 unspecified atom stereocenters. The molecular formula is C13H25N3. The van der Waals surface area contributed by atoms with Gasteiger partial charge in [-0.15, -0.1) is 0 Å². The van der Waals surface area contributed by atoms with Crippen LogP contribution in [0.3, 0.4) is 0 Å². The molecule has 0 bridgehead atoms. The number of rotatable bonds is 7. The second kappa shape index (κ2) is 6.66. The van der Waals surface area contributed by atoms with Crippen LogP contribution in [0.15, 0.2) is 0 Å². The van der Waals surface area contributed by atoms with Crippen molar-refractivity contribution in [1.82, 2.24) is 15.4 Å². The van der Waals surface area contributed by atoms with E-state index in [9.17, 15) is 0 Å². The summed E-state index contributed by atoms with van der Waals surface area (Å²) in [6.07, 6.45) is 5.96. The summed E-state index contributed by atoms with van der Waals surface area (Å²) < 4.78 is 0. The standard InChI is InChI=1S/C13H25N3/c1-10(2)7-5-6-8-12-13(9-11(3)4)15-16-14-12/h10-11H,5-9H2,1-4H3,(H,14,15,16). The number of hydrogen-bond acceptors (Lipinski definition) is 2. The fourth-order valence-corrected chi connectivity index (χ4v) is 1.87. The molecule has 1 rings (SSSR count). The van der Waals surface area contributed by atoms with E-state index >= 15 is 0 Å². The van der Waals surface area contributed by atoms with Gasteiger partial charge < -0.3 is 0 Å². The highest BCUT2D eigenvalue weighted by molar-refractivity contribution is 5.09. The molecule has 0 spiro atoms. The molecule has 16 heavy (non-hydrogen) atoms. The Labute approximate surface area is 99.0 Å². The molecule has 0 fully saturated rings. The molecule has 0 saturated heterocycles. The van der Waals surface area contributed by atoms with E-state index in [-0.39, 0.29) is 0 Å². The van der Waals surface area contributed by atoms with E-state index in [0.29, 0.717) is 5.92 Å². The highest BCUT2D eigenvalue weighted by Gasteiger charge is 2.09. The maximum absolute atomic E-state index is 4.25. The molecule has 1 aromatic heterocycles. The summed E-state index contributed by atoms with van der Waals surface area (Å²) >= 11 is 0. The van der Waals surface area contributed by atoms with Gasteiger partial charge in [-0.25, -0.2) is 0 Å². The highest BCUT2D eigenvalue weighted by atomic mass is 15.3. The van der Waals surface area contributed by atoms with Gasteiger partial charge in [0.25, 0.3) is 0 Å². The smallest absolute Gasteiger partial charge is 0.0859 e. The van der Waals surface area contributed by atoms with E-state index in [1.165, 1.54) is 30.7 Å². The lowest BCUT2D eigenvalue weighted by Crippen LogP contribution is -1.99. The molecule has 0 aliphatic heterocycles. The highest BCUT2D eigenvalue weighted by Crippen LogP contribution is 2.13. The van der Waals surface area contributed by atoms with Gasteiger partial charge in [0.05, 0.1) is 11.4 Å². The predicted molar refractivity (Wildman–Crippen MR) is 67.3 cm³/mol. The van der Waals surface area contributed by atoms with Crippen molar-refractivity contribution in [1.29, 1.82) is 0 Å². The minimum atomic E-state index is 0.652. The lowest BCUT2D eigenvalue weighted by atomic mass is 10.0. The van der Waals surface area contributed by atoms with E-state index < -0.39 is 0 Å². The zero-order chi connectivity index (χ0) is 12.0. The number of aromatic amines is 1. The minimum Gasteiger partial charge on any atom is -0.197 e. The van der Waals surface area contributed by atoms with Crippen LogP contribution < -0.4 is 0 Å². The Morgan fingerprint density at radius 1 is 0.938 bits per heavy atom. The van der Waals surface area contributed by atoms with Crippen molar-refractivity contribution in [3.8, 4) is 0 Å².